The first-order valence-electron chi connectivity index (χ1n) is 6.02. The minimum Gasteiger partial charge on any atom is -0.494 e. The van der Waals surface area contributed by atoms with Gasteiger partial charge in [-0.15, -0.1) is 0 Å². The summed E-state index contributed by atoms with van der Waals surface area (Å²) in [5.41, 5.74) is 0. The summed E-state index contributed by atoms with van der Waals surface area (Å²) in [6.45, 7) is 2.01. The van der Waals surface area contributed by atoms with Gasteiger partial charge in [-0.05, 0) is 51.7 Å². The van der Waals surface area contributed by atoms with E-state index >= 15 is 0 Å². The number of ether oxygens (including phenoxy) is 1. The molecule has 89 valence electrons. The minimum absolute atomic E-state index is 0.819. The van der Waals surface area contributed by atoms with Gasteiger partial charge in [0.15, 0.2) is 0 Å². The van der Waals surface area contributed by atoms with E-state index in [1.165, 1.54) is 25.8 Å². The lowest BCUT2D eigenvalue weighted by Crippen LogP contribution is -2.12. The van der Waals surface area contributed by atoms with E-state index in [1.807, 2.05) is 24.3 Å². The molecule has 0 heterocycles. The van der Waals surface area contributed by atoms with E-state index in [4.69, 9.17) is 4.74 Å². The highest BCUT2D eigenvalue weighted by Gasteiger charge is 1.94. The van der Waals surface area contributed by atoms with Crippen molar-refractivity contribution in [1.29, 1.82) is 0 Å². The summed E-state index contributed by atoms with van der Waals surface area (Å²) >= 11 is 0. The molecule has 0 bridgehead atoms. The maximum atomic E-state index is 5.59. The number of nitrogens with zero attached hydrogens (tertiary/aromatic N) is 1. The van der Waals surface area contributed by atoms with E-state index in [1.54, 1.807) is 0 Å². The Hall–Kier alpha value is -1.02. The van der Waals surface area contributed by atoms with Crippen LogP contribution in [-0.4, -0.2) is 32.1 Å². The van der Waals surface area contributed by atoms with Crippen molar-refractivity contribution in [1.82, 2.24) is 4.90 Å². The normalized spacial score (nSPS) is 10.7. The average Bonchev–Trinajstić information content (AvgIpc) is 2.29. The fourth-order valence-electron chi connectivity index (χ4n) is 1.54. The van der Waals surface area contributed by atoms with Gasteiger partial charge in [-0.1, -0.05) is 25.0 Å². The number of unbranched alkanes of at least 4 members (excludes halogenated alkanes) is 3. The number of hydrogen-bond donors (Lipinski definition) is 0. The lowest BCUT2D eigenvalue weighted by Gasteiger charge is -2.09. The molecule has 0 amide bonds. The second kappa shape index (κ2) is 8.17. The molecule has 0 aromatic heterocycles. The Morgan fingerprint density at radius 2 is 2.00 bits per heavy atom. The highest BCUT2D eigenvalue weighted by Crippen LogP contribution is 2.09. The summed E-state index contributed by atoms with van der Waals surface area (Å²) in [4.78, 5) is 2.23. The predicted octanol–water partition coefficient (Wildman–Crippen LogP) is 2.99. The van der Waals surface area contributed by atoms with Gasteiger partial charge in [0.05, 0.1) is 6.61 Å². The molecule has 0 saturated carbocycles. The Balaban J connectivity index is 1.93. The van der Waals surface area contributed by atoms with Gasteiger partial charge < -0.3 is 9.64 Å². The van der Waals surface area contributed by atoms with E-state index in [0.717, 1.165) is 18.8 Å². The van der Waals surface area contributed by atoms with Crippen LogP contribution >= 0.6 is 0 Å². The van der Waals surface area contributed by atoms with Crippen LogP contribution in [0, 0.1) is 6.07 Å². The molecule has 0 aliphatic rings. The Morgan fingerprint density at radius 3 is 2.69 bits per heavy atom. The van der Waals surface area contributed by atoms with Crippen molar-refractivity contribution in [2.24, 2.45) is 0 Å². The van der Waals surface area contributed by atoms with Gasteiger partial charge in [0, 0.05) is 0 Å². The standard InChI is InChI=1S/C14H22NO/c1-15(2)12-8-3-4-9-13-16-14-10-6-5-7-11-14/h5-6,10-11H,3-4,8-9,12-13H2,1-2H3. The molecule has 16 heavy (non-hydrogen) atoms. The second-order valence-electron chi connectivity index (χ2n) is 4.31. The zero-order valence-corrected chi connectivity index (χ0v) is 10.4. The van der Waals surface area contributed by atoms with Gasteiger partial charge in [-0.2, -0.15) is 0 Å². The maximum absolute atomic E-state index is 5.59. The third-order valence-corrected chi connectivity index (χ3v) is 2.45. The van der Waals surface area contributed by atoms with Crippen molar-refractivity contribution < 1.29 is 4.74 Å². The van der Waals surface area contributed by atoms with E-state index in [2.05, 4.69) is 25.1 Å². The highest BCUT2D eigenvalue weighted by atomic mass is 16.5. The maximum Gasteiger partial charge on any atom is 0.119 e. The molecule has 1 aromatic carbocycles. The van der Waals surface area contributed by atoms with E-state index in [0.29, 0.717) is 0 Å². The second-order valence-corrected chi connectivity index (χ2v) is 4.31. The fourth-order valence-corrected chi connectivity index (χ4v) is 1.54. The zero-order valence-electron chi connectivity index (χ0n) is 10.4. The molecule has 0 aliphatic carbocycles. The first kappa shape index (κ1) is 13.0. The van der Waals surface area contributed by atoms with Crippen LogP contribution in [0.15, 0.2) is 24.3 Å². The topological polar surface area (TPSA) is 12.5 Å². The first-order valence-corrected chi connectivity index (χ1v) is 6.02. The van der Waals surface area contributed by atoms with E-state index in [9.17, 15) is 0 Å². The molecular formula is C14H22NO. The van der Waals surface area contributed by atoms with Crippen LogP contribution in [0.3, 0.4) is 0 Å². The Morgan fingerprint density at radius 1 is 1.19 bits per heavy atom. The summed E-state index contributed by atoms with van der Waals surface area (Å²) < 4.78 is 5.59. The molecule has 2 heteroatoms. The number of rotatable bonds is 8. The van der Waals surface area contributed by atoms with Gasteiger partial charge in [0.25, 0.3) is 0 Å². The van der Waals surface area contributed by atoms with Crippen LogP contribution in [-0.2, 0) is 0 Å². The van der Waals surface area contributed by atoms with Crippen LogP contribution in [0.1, 0.15) is 25.7 Å². The van der Waals surface area contributed by atoms with Crippen molar-refractivity contribution in [3.8, 4) is 5.75 Å². The molecule has 0 saturated heterocycles. The smallest absolute Gasteiger partial charge is 0.119 e. The van der Waals surface area contributed by atoms with Crippen LogP contribution in [0.5, 0.6) is 5.75 Å². The average molecular weight is 220 g/mol. The van der Waals surface area contributed by atoms with Crippen molar-refractivity contribution in [3.63, 3.8) is 0 Å². The van der Waals surface area contributed by atoms with Crippen LogP contribution in [0.2, 0.25) is 0 Å². The molecular weight excluding hydrogens is 198 g/mol. The Bertz CT molecular complexity index is 259. The largest absolute Gasteiger partial charge is 0.494 e. The SMILES string of the molecule is CN(C)CCCCCCOc1c[c]ccc1. The summed E-state index contributed by atoms with van der Waals surface area (Å²) in [6, 6.07) is 10.7. The van der Waals surface area contributed by atoms with Crippen molar-refractivity contribution in [2.75, 3.05) is 27.2 Å². The lowest BCUT2D eigenvalue weighted by molar-refractivity contribution is 0.302. The van der Waals surface area contributed by atoms with Crippen LogP contribution in [0.25, 0.3) is 0 Å². The molecule has 0 fully saturated rings. The van der Waals surface area contributed by atoms with E-state index in [-0.39, 0.29) is 0 Å². The fraction of sp³-hybridized carbons (Fsp3) is 0.571. The van der Waals surface area contributed by atoms with Crippen LogP contribution in [0.4, 0.5) is 0 Å². The summed E-state index contributed by atoms with van der Waals surface area (Å²) in [5.74, 6) is 0.927. The Kier molecular flexibility index (Phi) is 6.66. The highest BCUT2D eigenvalue weighted by molar-refractivity contribution is 5.19. The lowest BCUT2D eigenvalue weighted by atomic mass is 10.2. The molecule has 0 aliphatic heterocycles. The molecule has 1 radical (unpaired) electrons. The Labute approximate surface area is 99.2 Å². The molecule has 0 atom stereocenters. The molecule has 0 N–H and O–H groups in total. The predicted molar refractivity (Wildman–Crippen MR) is 67.8 cm³/mol. The minimum atomic E-state index is 0.819. The number of hydrogen-bond acceptors (Lipinski definition) is 2. The molecule has 1 aromatic rings. The first-order chi connectivity index (χ1) is 7.79. The monoisotopic (exact) mass is 220 g/mol. The molecule has 0 spiro atoms. The molecule has 2 nitrogen and oxygen atoms in total. The quantitative estimate of drug-likeness (QED) is 0.624. The summed E-state index contributed by atoms with van der Waals surface area (Å²) in [6.07, 6.45) is 4.97. The third-order valence-electron chi connectivity index (χ3n) is 2.45. The van der Waals surface area contributed by atoms with Gasteiger partial charge in [-0.25, -0.2) is 0 Å². The molecule has 0 unspecified atom stereocenters. The summed E-state index contributed by atoms with van der Waals surface area (Å²) in [5, 5.41) is 0. The molecule has 1 rings (SSSR count). The van der Waals surface area contributed by atoms with Crippen LogP contribution < -0.4 is 4.74 Å². The van der Waals surface area contributed by atoms with Gasteiger partial charge in [-0.3, -0.25) is 0 Å². The van der Waals surface area contributed by atoms with Crippen molar-refractivity contribution in [3.05, 3.63) is 30.3 Å². The van der Waals surface area contributed by atoms with E-state index < -0.39 is 0 Å². The summed E-state index contributed by atoms with van der Waals surface area (Å²) in [7, 11) is 4.24. The van der Waals surface area contributed by atoms with Crippen molar-refractivity contribution >= 4 is 0 Å². The number of benzene rings is 1. The van der Waals surface area contributed by atoms with Crippen molar-refractivity contribution in [2.45, 2.75) is 25.7 Å². The zero-order chi connectivity index (χ0) is 11.6. The van der Waals surface area contributed by atoms with Gasteiger partial charge >= 0.3 is 0 Å². The van der Waals surface area contributed by atoms with Gasteiger partial charge in [0.2, 0.25) is 0 Å². The third kappa shape index (κ3) is 6.46. The van der Waals surface area contributed by atoms with Gasteiger partial charge in [0.1, 0.15) is 5.75 Å².